The second kappa shape index (κ2) is 8.36. The summed E-state index contributed by atoms with van der Waals surface area (Å²) >= 11 is 0. The molecular weight excluding hydrogens is 396 g/mol. The molecule has 1 aliphatic heterocycles. The third-order valence-corrected chi connectivity index (χ3v) is 5.12. The number of ketones is 1. The number of carbonyl (C=O) groups is 2. The maximum Gasteiger partial charge on any atom is 0.344 e. The highest BCUT2D eigenvalue weighted by Gasteiger charge is 2.38. The van der Waals surface area contributed by atoms with E-state index in [1.165, 1.54) is 7.11 Å². The van der Waals surface area contributed by atoms with Crippen LogP contribution in [0.5, 0.6) is 23.0 Å². The largest absolute Gasteiger partial charge is 0.504 e. The number of hydrogen-bond acceptors (Lipinski definition) is 6. The molecule has 2 N–H and O–H groups in total. The smallest absolute Gasteiger partial charge is 0.344 e. The van der Waals surface area contributed by atoms with Crippen LogP contribution in [-0.2, 0) is 11.2 Å². The average molecular weight is 416 g/mol. The molecule has 3 aromatic rings. The van der Waals surface area contributed by atoms with Gasteiger partial charge in [0.15, 0.2) is 17.3 Å². The molecule has 1 aliphatic rings. The third-order valence-electron chi connectivity index (χ3n) is 5.12. The molecule has 31 heavy (non-hydrogen) atoms. The second-order valence-electron chi connectivity index (χ2n) is 7.08. The van der Waals surface area contributed by atoms with Crippen LogP contribution in [0.2, 0.25) is 0 Å². The van der Waals surface area contributed by atoms with E-state index in [4.69, 9.17) is 9.47 Å². The van der Waals surface area contributed by atoms with Gasteiger partial charge in [-0.2, -0.15) is 0 Å². The zero-order chi connectivity index (χ0) is 22.0. The van der Waals surface area contributed by atoms with Gasteiger partial charge in [0.2, 0.25) is 5.75 Å². The fourth-order valence-electron chi connectivity index (χ4n) is 3.61. The number of aromatic hydroxyl groups is 2. The van der Waals surface area contributed by atoms with Crippen molar-refractivity contribution in [1.82, 2.24) is 0 Å². The van der Waals surface area contributed by atoms with Crippen molar-refractivity contribution in [3.63, 3.8) is 0 Å². The molecule has 6 nitrogen and oxygen atoms in total. The van der Waals surface area contributed by atoms with Crippen LogP contribution in [0, 0.1) is 0 Å². The van der Waals surface area contributed by atoms with E-state index in [1.807, 2.05) is 48.5 Å². The maximum absolute atomic E-state index is 13.0. The van der Waals surface area contributed by atoms with Gasteiger partial charge in [-0.05, 0) is 23.6 Å². The van der Waals surface area contributed by atoms with E-state index in [0.717, 1.165) is 11.1 Å². The van der Waals surface area contributed by atoms with Crippen molar-refractivity contribution >= 4 is 23.4 Å². The van der Waals surface area contributed by atoms with Gasteiger partial charge in [-0.15, -0.1) is 0 Å². The van der Waals surface area contributed by atoms with Crippen LogP contribution < -0.4 is 9.47 Å². The van der Waals surface area contributed by atoms with Gasteiger partial charge in [0.05, 0.1) is 18.2 Å². The number of phenols is 2. The van der Waals surface area contributed by atoms with Crippen LogP contribution in [-0.4, -0.2) is 29.1 Å². The summed E-state index contributed by atoms with van der Waals surface area (Å²) in [7, 11) is 1.34. The lowest BCUT2D eigenvalue weighted by Crippen LogP contribution is -2.06. The molecule has 0 atom stereocenters. The van der Waals surface area contributed by atoms with E-state index in [0.29, 0.717) is 6.42 Å². The summed E-state index contributed by atoms with van der Waals surface area (Å²) in [5.74, 6) is -2.68. The Bertz CT molecular complexity index is 1180. The Morgan fingerprint density at radius 1 is 1.00 bits per heavy atom. The lowest BCUT2D eigenvalue weighted by molar-refractivity contribution is -0.127. The summed E-state index contributed by atoms with van der Waals surface area (Å²) in [4.78, 5) is 25.6. The quantitative estimate of drug-likeness (QED) is 0.204. The monoisotopic (exact) mass is 416 g/mol. The summed E-state index contributed by atoms with van der Waals surface area (Å²) < 4.78 is 10.6. The van der Waals surface area contributed by atoms with E-state index in [9.17, 15) is 19.8 Å². The van der Waals surface area contributed by atoms with E-state index in [1.54, 1.807) is 18.2 Å². The first-order valence-corrected chi connectivity index (χ1v) is 9.73. The van der Waals surface area contributed by atoms with Gasteiger partial charge >= 0.3 is 5.97 Å². The lowest BCUT2D eigenvalue weighted by Gasteiger charge is -2.15. The second-order valence-corrected chi connectivity index (χ2v) is 7.08. The molecular formula is C25H20O6. The number of rotatable bonds is 6. The number of benzene rings is 3. The van der Waals surface area contributed by atoms with Gasteiger partial charge in [-0.3, -0.25) is 4.79 Å². The number of Topliss-reactive ketones (excluding diaryl/α,β-unsaturated/α-hetero) is 1. The van der Waals surface area contributed by atoms with Crippen LogP contribution >= 0.6 is 0 Å². The third kappa shape index (κ3) is 3.75. The fourth-order valence-corrected chi connectivity index (χ4v) is 3.61. The molecule has 0 saturated carbocycles. The maximum atomic E-state index is 13.0. The minimum Gasteiger partial charge on any atom is -0.504 e. The Labute approximate surface area is 179 Å². The molecule has 0 radical (unpaired) electrons. The van der Waals surface area contributed by atoms with Crippen LogP contribution in [0.4, 0.5) is 0 Å². The minimum atomic E-state index is -0.708. The highest BCUT2D eigenvalue weighted by molar-refractivity contribution is 6.28. The summed E-state index contributed by atoms with van der Waals surface area (Å²) in [5.41, 5.74) is 1.80. The number of aryl methyl sites for hydroxylation is 1. The molecule has 0 aromatic heterocycles. The molecule has 0 amide bonds. The Morgan fingerprint density at radius 2 is 1.65 bits per heavy atom. The van der Waals surface area contributed by atoms with Crippen molar-refractivity contribution in [3.05, 3.63) is 82.9 Å². The summed E-state index contributed by atoms with van der Waals surface area (Å²) in [6.45, 7) is 0. The first kappa shape index (κ1) is 20.2. The molecule has 3 aromatic carbocycles. The van der Waals surface area contributed by atoms with Crippen LogP contribution in [0.15, 0.2) is 60.7 Å². The van der Waals surface area contributed by atoms with Gasteiger partial charge in [0, 0.05) is 6.42 Å². The number of phenolic OH excluding ortho intramolecular Hbond substituents is 2. The van der Waals surface area contributed by atoms with Gasteiger partial charge in [0.1, 0.15) is 11.3 Å². The van der Waals surface area contributed by atoms with Gasteiger partial charge in [-0.1, -0.05) is 60.7 Å². The molecule has 0 bridgehead atoms. The highest BCUT2D eigenvalue weighted by atomic mass is 16.6. The highest BCUT2D eigenvalue weighted by Crippen LogP contribution is 2.54. The average Bonchev–Trinajstić information content (AvgIpc) is 3.12. The Balaban J connectivity index is 1.80. The molecule has 0 aliphatic carbocycles. The lowest BCUT2D eigenvalue weighted by atomic mass is 9.94. The van der Waals surface area contributed by atoms with E-state index in [2.05, 4.69) is 0 Å². The first-order chi connectivity index (χ1) is 15.0. The van der Waals surface area contributed by atoms with Crippen LogP contribution in [0.3, 0.4) is 0 Å². The molecule has 6 heteroatoms. The number of hydrogen-bond donors (Lipinski definition) is 2. The first-order valence-electron chi connectivity index (χ1n) is 9.73. The van der Waals surface area contributed by atoms with Crippen LogP contribution in [0.25, 0.3) is 11.6 Å². The van der Waals surface area contributed by atoms with Gasteiger partial charge < -0.3 is 19.7 Å². The summed E-state index contributed by atoms with van der Waals surface area (Å²) in [6, 6.07) is 18.5. The van der Waals surface area contributed by atoms with E-state index < -0.39 is 23.3 Å². The van der Waals surface area contributed by atoms with E-state index >= 15 is 0 Å². The number of carbonyl (C=O) groups excluding carboxylic acids is 2. The van der Waals surface area contributed by atoms with Crippen molar-refractivity contribution in [3.8, 4) is 23.0 Å². The number of esters is 1. The number of methoxy groups -OCH3 is 1. The standard InChI is InChI=1S/C25H20O6/c1-30-23-19-17(14-16-10-6-3-7-11-16)25(29)31-24(19)22(28)21(27)20(23)18(26)13-12-15-8-4-2-5-9-15/h2-11,14,27-28H,12-13H2,1H3/b17-14-. The van der Waals surface area contributed by atoms with Gasteiger partial charge in [0.25, 0.3) is 0 Å². The summed E-state index contributed by atoms with van der Waals surface area (Å²) in [6.07, 6.45) is 2.12. The van der Waals surface area contributed by atoms with Crippen LogP contribution in [0.1, 0.15) is 33.5 Å². The summed E-state index contributed by atoms with van der Waals surface area (Å²) in [5, 5.41) is 21.0. The molecule has 0 unspecified atom stereocenters. The zero-order valence-corrected chi connectivity index (χ0v) is 16.8. The Hall–Kier alpha value is -4.06. The molecule has 0 saturated heterocycles. The van der Waals surface area contributed by atoms with Crippen molar-refractivity contribution in [2.24, 2.45) is 0 Å². The van der Waals surface area contributed by atoms with Crippen molar-refractivity contribution < 1.29 is 29.3 Å². The number of fused-ring (bicyclic) bond motifs is 1. The molecule has 156 valence electrons. The van der Waals surface area contributed by atoms with Crippen molar-refractivity contribution in [2.45, 2.75) is 12.8 Å². The van der Waals surface area contributed by atoms with Gasteiger partial charge in [-0.25, -0.2) is 4.79 Å². The fraction of sp³-hybridized carbons (Fsp3) is 0.120. The molecule has 0 fully saturated rings. The molecule has 1 heterocycles. The zero-order valence-electron chi connectivity index (χ0n) is 16.8. The Kier molecular flexibility index (Phi) is 5.45. The normalized spacial score (nSPS) is 13.7. The predicted molar refractivity (Wildman–Crippen MR) is 115 cm³/mol. The topological polar surface area (TPSA) is 93.1 Å². The molecule has 4 rings (SSSR count). The Morgan fingerprint density at radius 3 is 2.29 bits per heavy atom. The predicted octanol–water partition coefficient (Wildman–Crippen LogP) is 4.38. The van der Waals surface area contributed by atoms with E-state index in [-0.39, 0.29) is 34.6 Å². The SMILES string of the molecule is COc1c(C(=O)CCc2ccccc2)c(O)c(O)c2c1/C(=C/c1ccccc1)C(=O)O2. The van der Waals surface area contributed by atoms with Crippen molar-refractivity contribution in [2.75, 3.05) is 7.11 Å². The molecule has 0 spiro atoms. The van der Waals surface area contributed by atoms with Crippen molar-refractivity contribution in [1.29, 1.82) is 0 Å². The minimum absolute atomic E-state index is 0.00334. The number of ether oxygens (including phenoxy) is 2.